The number of benzene rings is 1. The average molecular weight is 312 g/mol. The van der Waals surface area contributed by atoms with Gasteiger partial charge in [-0.2, -0.15) is 0 Å². The van der Waals surface area contributed by atoms with Crippen LogP contribution in [0.1, 0.15) is 45.6 Å². The number of likely N-dealkylation sites (tertiary alicyclic amines) is 1. The van der Waals surface area contributed by atoms with Crippen LogP contribution >= 0.6 is 0 Å². The Kier molecular flexibility index (Phi) is 4.86. The van der Waals surface area contributed by atoms with Gasteiger partial charge in [-0.3, -0.25) is 9.69 Å². The number of hydrogen-bond acceptors (Lipinski definition) is 2. The van der Waals surface area contributed by atoms with Crippen molar-refractivity contribution in [3.63, 3.8) is 0 Å². The van der Waals surface area contributed by atoms with Gasteiger partial charge in [-0.1, -0.05) is 37.6 Å². The fraction of sp³-hybridized carbons (Fsp3) is 0.550. The number of amides is 1. The number of para-hydroxylation sites is 1. The van der Waals surface area contributed by atoms with Crippen LogP contribution in [-0.2, 0) is 4.79 Å². The normalized spacial score (nSPS) is 25.5. The lowest BCUT2D eigenvalue weighted by Crippen LogP contribution is -2.47. The molecule has 0 saturated carbocycles. The summed E-state index contributed by atoms with van der Waals surface area (Å²) in [5.74, 6) is 0.592. The number of fused-ring (bicyclic) bond motifs is 1. The van der Waals surface area contributed by atoms with Gasteiger partial charge in [-0.25, -0.2) is 0 Å². The van der Waals surface area contributed by atoms with Gasteiger partial charge < -0.3 is 4.90 Å². The van der Waals surface area contributed by atoms with E-state index in [4.69, 9.17) is 0 Å². The molecular formula is C20H28N2O. The van der Waals surface area contributed by atoms with Crippen LogP contribution in [0.25, 0.3) is 5.57 Å². The molecule has 1 fully saturated rings. The van der Waals surface area contributed by atoms with E-state index in [-0.39, 0.29) is 11.9 Å². The molecule has 1 saturated heterocycles. The molecule has 0 spiro atoms. The number of allylic oxidation sites excluding steroid dienone is 1. The summed E-state index contributed by atoms with van der Waals surface area (Å²) in [5, 5.41) is 0. The fourth-order valence-electron chi connectivity index (χ4n) is 3.84. The Bertz CT molecular complexity index is 601. The van der Waals surface area contributed by atoms with Crippen LogP contribution in [0, 0.1) is 5.92 Å². The summed E-state index contributed by atoms with van der Waals surface area (Å²) in [6.45, 7) is 9.20. The number of carbonyl (C=O) groups is 1. The standard InChI is InChI=1S/C20H28N2O/c1-15-13-16(2)18-9-5-6-10-19(18)22(17(15)3)20(23)14-21-11-7-4-8-12-21/h5-6,9-10,13,15,17H,4,7-8,11-12,14H2,1-3H3. The molecule has 3 heteroatoms. The third-order valence-corrected chi connectivity index (χ3v) is 5.35. The second-order valence-electron chi connectivity index (χ2n) is 7.07. The predicted molar refractivity (Wildman–Crippen MR) is 96.5 cm³/mol. The molecule has 0 N–H and O–H groups in total. The number of rotatable bonds is 2. The van der Waals surface area contributed by atoms with Crippen molar-refractivity contribution in [3.8, 4) is 0 Å². The highest BCUT2D eigenvalue weighted by atomic mass is 16.2. The molecule has 2 heterocycles. The molecule has 0 aliphatic carbocycles. The molecule has 0 bridgehead atoms. The maximum Gasteiger partial charge on any atom is 0.241 e. The molecule has 0 radical (unpaired) electrons. The van der Waals surface area contributed by atoms with E-state index in [1.807, 2.05) is 11.0 Å². The zero-order valence-electron chi connectivity index (χ0n) is 14.6. The Labute approximate surface area is 140 Å². The van der Waals surface area contributed by atoms with Crippen molar-refractivity contribution in [1.82, 2.24) is 4.90 Å². The summed E-state index contributed by atoms with van der Waals surface area (Å²) in [6, 6.07) is 8.51. The minimum absolute atomic E-state index is 0.186. The maximum absolute atomic E-state index is 13.1. The monoisotopic (exact) mass is 312 g/mol. The highest BCUT2D eigenvalue weighted by Crippen LogP contribution is 2.35. The van der Waals surface area contributed by atoms with Crippen molar-refractivity contribution < 1.29 is 4.79 Å². The third kappa shape index (κ3) is 3.35. The first-order valence-corrected chi connectivity index (χ1v) is 8.90. The molecule has 3 nitrogen and oxygen atoms in total. The van der Waals surface area contributed by atoms with Gasteiger partial charge in [0.25, 0.3) is 0 Å². The largest absolute Gasteiger partial charge is 0.307 e. The minimum atomic E-state index is 0.186. The zero-order chi connectivity index (χ0) is 16.4. The first-order chi connectivity index (χ1) is 11.1. The quantitative estimate of drug-likeness (QED) is 0.825. The summed E-state index contributed by atoms with van der Waals surface area (Å²) < 4.78 is 0. The van der Waals surface area contributed by atoms with E-state index in [2.05, 4.69) is 49.9 Å². The van der Waals surface area contributed by atoms with Gasteiger partial charge in [0, 0.05) is 11.6 Å². The summed E-state index contributed by atoms with van der Waals surface area (Å²) in [5.41, 5.74) is 3.53. The molecule has 2 unspecified atom stereocenters. The molecule has 124 valence electrons. The Balaban J connectivity index is 1.89. The Morgan fingerprint density at radius 1 is 1.13 bits per heavy atom. The van der Waals surface area contributed by atoms with E-state index < -0.39 is 0 Å². The number of hydrogen-bond donors (Lipinski definition) is 0. The van der Waals surface area contributed by atoms with Crippen molar-refractivity contribution in [2.45, 2.75) is 46.1 Å². The molecular weight excluding hydrogens is 284 g/mol. The molecule has 1 amide bonds. The van der Waals surface area contributed by atoms with E-state index >= 15 is 0 Å². The number of piperidine rings is 1. The first kappa shape index (κ1) is 16.3. The van der Waals surface area contributed by atoms with Crippen molar-refractivity contribution >= 4 is 17.2 Å². The van der Waals surface area contributed by atoms with Gasteiger partial charge in [-0.05, 0) is 57.3 Å². The van der Waals surface area contributed by atoms with Crippen molar-refractivity contribution in [2.24, 2.45) is 5.92 Å². The van der Waals surface area contributed by atoms with Gasteiger partial charge in [0.2, 0.25) is 5.91 Å². The Hall–Kier alpha value is -1.61. The van der Waals surface area contributed by atoms with Crippen LogP contribution in [0.2, 0.25) is 0 Å². The average Bonchev–Trinajstić information content (AvgIpc) is 2.64. The minimum Gasteiger partial charge on any atom is -0.307 e. The third-order valence-electron chi connectivity index (χ3n) is 5.35. The van der Waals surface area contributed by atoms with Crippen LogP contribution in [-0.4, -0.2) is 36.5 Å². The highest BCUT2D eigenvalue weighted by molar-refractivity contribution is 5.98. The summed E-state index contributed by atoms with van der Waals surface area (Å²) in [7, 11) is 0. The SMILES string of the molecule is CC1=CC(C)C(C)N(C(=O)CN2CCCCC2)c2ccccc21. The Morgan fingerprint density at radius 3 is 2.57 bits per heavy atom. The van der Waals surface area contributed by atoms with Gasteiger partial charge in [-0.15, -0.1) is 0 Å². The lowest BCUT2D eigenvalue weighted by molar-refractivity contribution is -0.120. The number of nitrogens with zero attached hydrogens (tertiary/aromatic N) is 2. The van der Waals surface area contributed by atoms with Crippen molar-refractivity contribution in [1.29, 1.82) is 0 Å². The van der Waals surface area contributed by atoms with E-state index in [1.54, 1.807) is 0 Å². The lowest BCUT2D eigenvalue weighted by Gasteiger charge is -2.34. The number of anilines is 1. The van der Waals surface area contributed by atoms with Crippen LogP contribution in [0.15, 0.2) is 30.3 Å². The second-order valence-corrected chi connectivity index (χ2v) is 7.07. The molecule has 1 aromatic rings. The van der Waals surface area contributed by atoms with Gasteiger partial charge >= 0.3 is 0 Å². The van der Waals surface area contributed by atoms with Gasteiger partial charge in [0.05, 0.1) is 12.2 Å². The van der Waals surface area contributed by atoms with Crippen LogP contribution < -0.4 is 4.90 Å². The van der Waals surface area contributed by atoms with E-state index in [0.717, 1.165) is 18.8 Å². The van der Waals surface area contributed by atoms with Crippen molar-refractivity contribution in [2.75, 3.05) is 24.5 Å². The second kappa shape index (κ2) is 6.88. The lowest BCUT2D eigenvalue weighted by atomic mass is 10.00. The van der Waals surface area contributed by atoms with E-state index in [9.17, 15) is 4.79 Å². The van der Waals surface area contributed by atoms with Gasteiger partial charge in [0.1, 0.15) is 0 Å². The van der Waals surface area contributed by atoms with Crippen LogP contribution in [0.3, 0.4) is 0 Å². The summed E-state index contributed by atoms with van der Waals surface area (Å²) in [6.07, 6.45) is 6.04. The van der Waals surface area contributed by atoms with E-state index in [1.165, 1.54) is 30.4 Å². The Morgan fingerprint density at radius 2 is 1.83 bits per heavy atom. The highest BCUT2D eigenvalue weighted by Gasteiger charge is 2.30. The van der Waals surface area contributed by atoms with Crippen LogP contribution in [0.5, 0.6) is 0 Å². The summed E-state index contributed by atoms with van der Waals surface area (Å²) >= 11 is 0. The fourth-order valence-corrected chi connectivity index (χ4v) is 3.84. The molecule has 2 aliphatic heterocycles. The maximum atomic E-state index is 13.1. The zero-order valence-corrected chi connectivity index (χ0v) is 14.6. The molecule has 23 heavy (non-hydrogen) atoms. The molecule has 3 rings (SSSR count). The van der Waals surface area contributed by atoms with Gasteiger partial charge in [0.15, 0.2) is 0 Å². The molecule has 2 atom stereocenters. The number of carbonyl (C=O) groups excluding carboxylic acids is 1. The molecule has 2 aliphatic rings. The van der Waals surface area contributed by atoms with Crippen LogP contribution in [0.4, 0.5) is 5.69 Å². The first-order valence-electron chi connectivity index (χ1n) is 8.90. The smallest absolute Gasteiger partial charge is 0.241 e. The molecule has 1 aromatic carbocycles. The molecule has 0 aromatic heterocycles. The predicted octanol–water partition coefficient (Wildman–Crippen LogP) is 3.95. The van der Waals surface area contributed by atoms with E-state index in [0.29, 0.717) is 12.5 Å². The van der Waals surface area contributed by atoms with Crippen molar-refractivity contribution in [3.05, 3.63) is 35.9 Å². The topological polar surface area (TPSA) is 23.6 Å². The summed E-state index contributed by atoms with van der Waals surface area (Å²) in [4.78, 5) is 17.5.